The molecule has 2 aromatic carbocycles. The monoisotopic (exact) mass is 284 g/mol. The van der Waals surface area contributed by atoms with Gasteiger partial charge in [0, 0.05) is 0 Å². The van der Waals surface area contributed by atoms with Crippen LogP contribution in [-0.2, 0) is 11.2 Å². The molecule has 0 bridgehead atoms. The van der Waals surface area contributed by atoms with E-state index in [9.17, 15) is 4.79 Å². The predicted octanol–water partition coefficient (Wildman–Crippen LogP) is 3.85. The van der Waals surface area contributed by atoms with E-state index in [1.807, 2.05) is 56.3 Å². The third-order valence-electron chi connectivity index (χ3n) is 3.31. The van der Waals surface area contributed by atoms with Crippen molar-refractivity contribution in [2.45, 2.75) is 27.2 Å². The second-order valence-electron chi connectivity index (χ2n) is 4.98. The molecule has 0 aromatic heterocycles. The van der Waals surface area contributed by atoms with Gasteiger partial charge in [0.05, 0.1) is 0 Å². The number of benzene rings is 2. The smallest absolute Gasteiger partial charge is 0.349 e. The molecule has 0 radical (unpaired) electrons. The van der Waals surface area contributed by atoms with Gasteiger partial charge in [0.2, 0.25) is 0 Å². The Labute approximate surface area is 125 Å². The molecule has 3 nitrogen and oxygen atoms in total. The van der Waals surface area contributed by atoms with E-state index < -0.39 is 5.97 Å². The van der Waals surface area contributed by atoms with E-state index in [0.717, 1.165) is 17.5 Å². The lowest BCUT2D eigenvalue weighted by Gasteiger charge is -2.11. The highest BCUT2D eigenvalue weighted by Gasteiger charge is 2.10. The highest BCUT2D eigenvalue weighted by atomic mass is 16.6. The lowest BCUT2D eigenvalue weighted by atomic mass is 10.1. The number of hydrogen-bond acceptors (Lipinski definition) is 3. The first-order chi connectivity index (χ1) is 10.1. The van der Waals surface area contributed by atoms with Gasteiger partial charge in [0.25, 0.3) is 0 Å². The highest BCUT2D eigenvalue weighted by Crippen LogP contribution is 2.22. The average Bonchev–Trinajstić information content (AvgIpc) is 2.49. The second kappa shape index (κ2) is 6.93. The van der Waals surface area contributed by atoms with Crippen LogP contribution in [-0.4, -0.2) is 12.6 Å². The minimum Gasteiger partial charge on any atom is -0.482 e. The number of carbonyl (C=O) groups is 1. The molecule has 0 amide bonds. The van der Waals surface area contributed by atoms with Gasteiger partial charge in [0.1, 0.15) is 11.5 Å². The molecule has 2 rings (SSSR count). The van der Waals surface area contributed by atoms with E-state index >= 15 is 0 Å². The number of aryl methyl sites for hydroxylation is 3. The summed E-state index contributed by atoms with van der Waals surface area (Å²) in [5, 5.41) is 0. The quantitative estimate of drug-likeness (QED) is 0.618. The van der Waals surface area contributed by atoms with Gasteiger partial charge >= 0.3 is 5.97 Å². The third kappa shape index (κ3) is 4.09. The fraction of sp³-hybridized carbons (Fsp3) is 0.278. The molecule has 0 N–H and O–H groups in total. The molecule has 3 heteroatoms. The van der Waals surface area contributed by atoms with Crippen molar-refractivity contribution in [3.8, 4) is 11.5 Å². The second-order valence-corrected chi connectivity index (χ2v) is 4.98. The van der Waals surface area contributed by atoms with Gasteiger partial charge in [-0.2, -0.15) is 0 Å². The summed E-state index contributed by atoms with van der Waals surface area (Å²) in [4.78, 5) is 11.9. The van der Waals surface area contributed by atoms with Crippen LogP contribution in [0.15, 0.2) is 42.5 Å². The first kappa shape index (κ1) is 15.1. The molecule has 0 spiro atoms. The van der Waals surface area contributed by atoms with Gasteiger partial charge < -0.3 is 9.47 Å². The Balaban J connectivity index is 1.92. The van der Waals surface area contributed by atoms with Gasteiger partial charge in [0.15, 0.2) is 6.61 Å². The topological polar surface area (TPSA) is 35.5 Å². The molecule has 110 valence electrons. The minimum absolute atomic E-state index is 0.0980. The van der Waals surface area contributed by atoms with Crippen molar-refractivity contribution in [2.24, 2.45) is 0 Å². The molecular weight excluding hydrogens is 264 g/mol. The van der Waals surface area contributed by atoms with E-state index in [-0.39, 0.29) is 6.61 Å². The van der Waals surface area contributed by atoms with Crippen LogP contribution in [0.4, 0.5) is 0 Å². The molecule has 0 saturated heterocycles. The Hall–Kier alpha value is -2.29. The van der Waals surface area contributed by atoms with E-state index in [4.69, 9.17) is 9.47 Å². The van der Waals surface area contributed by atoms with Crippen LogP contribution in [0.5, 0.6) is 11.5 Å². The van der Waals surface area contributed by atoms with Gasteiger partial charge in [-0.3, -0.25) is 0 Å². The molecule has 0 atom stereocenters. The van der Waals surface area contributed by atoms with Crippen LogP contribution in [0.2, 0.25) is 0 Å². The maximum Gasteiger partial charge on any atom is 0.349 e. The molecule has 0 fully saturated rings. The van der Waals surface area contributed by atoms with E-state index in [2.05, 4.69) is 6.92 Å². The van der Waals surface area contributed by atoms with Gasteiger partial charge in [-0.25, -0.2) is 4.79 Å². The number of esters is 1. The average molecular weight is 284 g/mol. The summed E-state index contributed by atoms with van der Waals surface area (Å²) >= 11 is 0. The Morgan fingerprint density at radius 2 is 1.62 bits per heavy atom. The number of carbonyl (C=O) groups excluding carboxylic acids is 1. The van der Waals surface area contributed by atoms with Gasteiger partial charge in [-0.1, -0.05) is 37.3 Å². The first-order valence-electron chi connectivity index (χ1n) is 7.08. The van der Waals surface area contributed by atoms with Crippen LogP contribution in [0.1, 0.15) is 23.6 Å². The van der Waals surface area contributed by atoms with Crippen molar-refractivity contribution in [3.63, 3.8) is 0 Å². The zero-order valence-electron chi connectivity index (χ0n) is 12.7. The number of rotatable bonds is 5. The van der Waals surface area contributed by atoms with Crippen LogP contribution in [0, 0.1) is 13.8 Å². The molecule has 21 heavy (non-hydrogen) atoms. The fourth-order valence-electron chi connectivity index (χ4n) is 2.07. The van der Waals surface area contributed by atoms with Crippen molar-refractivity contribution in [1.82, 2.24) is 0 Å². The summed E-state index contributed by atoms with van der Waals surface area (Å²) < 4.78 is 10.8. The summed E-state index contributed by atoms with van der Waals surface area (Å²) in [6.45, 7) is 5.83. The lowest BCUT2D eigenvalue weighted by molar-refractivity contribution is -0.136. The minimum atomic E-state index is -0.396. The van der Waals surface area contributed by atoms with E-state index in [0.29, 0.717) is 11.5 Å². The highest BCUT2D eigenvalue weighted by molar-refractivity contribution is 5.74. The zero-order valence-corrected chi connectivity index (χ0v) is 12.7. The van der Waals surface area contributed by atoms with E-state index in [1.165, 1.54) is 5.56 Å². The third-order valence-corrected chi connectivity index (χ3v) is 3.31. The normalized spacial score (nSPS) is 10.2. The molecule has 0 aliphatic rings. The largest absolute Gasteiger partial charge is 0.482 e. The maximum atomic E-state index is 11.9. The molecule has 0 unspecified atom stereocenters. The molecule has 0 aliphatic carbocycles. The van der Waals surface area contributed by atoms with Crippen molar-refractivity contribution in [2.75, 3.05) is 6.61 Å². The van der Waals surface area contributed by atoms with E-state index in [1.54, 1.807) is 0 Å². The Kier molecular flexibility index (Phi) is 4.99. The van der Waals surface area contributed by atoms with Crippen LogP contribution in [0.25, 0.3) is 0 Å². The lowest BCUT2D eigenvalue weighted by Crippen LogP contribution is -2.18. The molecule has 0 heterocycles. The Morgan fingerprint density at radius 3 is 2.19 bits per heavy atom. The molecule has 0 aliphatic heterocycles. The zero-order chi connectivity index (χ0) is 15.2. The standard InChI is InChI=1S/C18H20O3/c1-4-15-8-10-16(11-9-15)20-12-17(19)21-18-13(2)6-5-7-14(18)3/h5-11H,4,12H2,1-3H3. The molecule has 2 aromatic rings. The summed E-state index contributed by atoms with van der Waals surface area (Å²) in [5.41, 5.74) is 3.12. The van der Waals surface area contributed by atoms with Crippen LogP contribution in [0.3, 0.4) is 0 Å². The SMILES string of the molecule is CCc1ccc(OCC(=O)Oc2c(C)cccc2C)cc1. The summed E-state index contributed by atoms with van der Waals surface area (Å²) in [6, 6.07) is 13.5. The fourth-order valence-corrected chi connectivity index (χ4v) is 2.07. The summed E-state index contributed by atoms with van der Waals surface area (Å²) in [7, 11) is 0. The Bertz CT molecular complexity index is 595. The first-order valence-corrected chi connectivity index (χ1v) is 7.08. The summed E-state index contributed by atoms with van der Waals surface area (Å²) in [6.07, 6.45) is 0.981. The van der Waals surface area contributed by atoms with Crippen molar-refractivity contribution in [1.29, 1.82) is 0 Å². The van der Waals surface area contributed by atoms with Crippen LogP contribution < -0.4 is 9.47 Å². The molecular formula is C18H20O3. The molecule has 0 saturated carbocycles. The van der Waals surface area contributed by atoms with Crippen molar-refractivity contribution >= 4 is 5.97 Å². The summed E-state index contributed by atoms with van der Waals surface area (Å²) in [5.74, 6) is 0.894. The van der Waals surface area contributed by atoms with Gasteiger partial charge in [-0.05, 0) is 49.1 Å². The van der Waals surface area contributed by atoms with Gasteiger partial charge in [-0.15, -0.1) is 0 Å². The Morgan fingerprint density at radius 1 is 1.00 bits per heavy atom. The number of hydrogen-bond donors (Lipinski definition) is 0. The predicted molar refractivity (Wildman–Crippen MR) is 82.9 cm³/mol. The van der Waals surface area contributed by atoms with Crippen molar-refractivity contribution < 1.29 is 14.3 Å². The van der Waals surface area contributed by atoms with Crippen LogP contribution >= 0.6 is 0 Å². The maximum absolute atomic E-state index is 11.9. The van der Waals surface area contributed by atoms with Crippen molar-refractivity contribution in [3.05, 3.63) is 59.2 Å². The number of ether oxygens (including phenoxy) is 2. The number of para-hydroxylation sites is 1.